The quantitative estimate of drug-likeness (QED) is 0.507. The van der Waals surface area contributed by atoms with E-state index in [1.165, 1.54) is 11.1 Å². The number of carbonyl (C=O) groups is 2. The van der Waals surface area contributed by atoms with E-state index in [9.17, 15) is 9.59 Å². The van der Waals surface area contributed by atoms with Crippen molar-refractivity contribution in [2.75, 3.05) is 13.1 Å². The van der Waals surface area contributed by atoms with Crippen molar-refractivity contribution < 1.29 is 9.59 Å². The molecule has 0 aliphatic carbocycles. The maximum atomic E-state index is 12.7. The van der Waals surface area contributed by atoms with E-state index in [4.69, 9.17) is 10.8 Å². The number of benzene rings is 1. The van der Waals surface area contributed by atoms with Crippen LogP contribution in [0, 0.1) is 19.8 Å². The lowest BCUT2D eigenvalue weighted by Crippen LogP contribution is -2.41. The Labute approximate surface area is 191 Å². The summed E-state index contributed by atoms with van der Waals surface area (Å²) in [5, 5.41) is 13.5. The minimum atomic E-state index is -0.274. The number of likely N-dealkylation sites (tertiary alicyclic amines) is 1. The van der Waals surface area contributed by atoms with Gasteiger partial charge in [-0.05, 0) is 44.4 Å². The zero-order chi connectivity index (χ0) is 23.1. The molecular formula is C24H27N7O2. The minimum Gasteiger partial charge on any atom is -0.369 e. The molecule has 170 valence electrons. The van der Waals surface area contributed by atoms with Crippen LogP contribution in [0.3, 0.4) is 0 Å². The van der Waals surface area contributed by atoms with Crippen LogP contribution < -0.4 is 5.73 Å². The van der Waals surface area contributed by atoms with Gasteiger partial charge in [-0.2, -0.15) is 5.10 Å². The molecule has 1 saturated heterocycles. The maximum absolute atomic E-state index is 12.7. The highest BCUT2D eigenvalue weighted by molar-refractivity contribution is 5.79. The van der Waals surface area contributed by atoms with Gasteiger partial charge >= 0.3 is 0 Å². The molecule has 9 heteroatoms. The lowest BCUT2D eigenvalue weighted by molar-refractivity contribution is -0.134. The number of hydrogen-bond acceptors (Lipinski definition) is 5. The first-order valence-electron chi connectivity index (χ1n) is 11.3. The molecule has 0 radical (unpaired) electrons. The van der Waals surface area contributed by atoms with E-state index in [-0.39, 0.29) is 17.7 Å². The summed E-state index contributed by atoms with van der Waals surface area (Å²) in [6.45, 7) is 5.30. The smallest absolute Gasteiger partial charge is 0.223 e. The van der Waals surface area contributed by atoms with Gasteiger partial charge in [0.1, 0.15) is 11.3 Å². The molecule has 0 saturated carbocycles. The Bertz CT molecular complexity index is 1360. The summed E-state index contributed by atoms with van der Waals surface area (Å²) in [4.78, 5) is 25.8. The van der Waals surface area contributed by atoms with E-state index < -0.39 is 0 Å². The van der Waals surface area contributed by atoms with E-state index in [0.29, 0.717) is 44.4 Å². The lowest BCUT2D eigenvalue weighted by Gasteiger charge is -2.30. The Kier molecular flexibility index (Phi) is 5.32. The predicted octanol–water partition coefficient (Wildman–Crippen LogP) is 2.32. The lowest BCUT2D eigenvalue weighted by atomic mass is 9.96. The second kappa shape index (κ2) is 8.31. The first kappa shape index (κ1) is 21.1. The van der Waals surface area contributed by atoms with Gasteiger partial charge in [-0.25, -0.2) is 4.52 Å². The molecule has 4 heterocycles. The molecule has 0 bridgehead atoms. The van der Waals surface area contributed by atoms with Crippen molar-refractivity contribution >= 4 is 23.0 Å². The Morgan fingerprint density at radius 3 is 2.64 bits per heavy atom. The maximum Gasteiger partial charge on any atom is 0.223 e. The van der Waals surface area contributed by atoms with E-state index in [0.717, 1.165) is 22.6 Å². The molecule has 2 N–H and O–H groups in total. The van der Waals surface area contributed by atoms with Gasteiger partial charge in [0, 0.05) is 49.8 Å². The average molecular weight is 446 g/mol. The van der Waals surface area contributed by atoms with Crippen molar-refractivity contribution in [3.63, 3.8) is 0 Å². The van der Waals surface area contributed by atoms with Crippen LogP contribution in [0.2, 0.25) is 0 Å². The van der Waals surface area contributed by atoms with Crippen LogP contribution in [0.1, 0.15) is 36.2 Å². The summed E-state index contributed by atoms with van der Waals surface area (Å²) in [5.41, 5.74) is 11.3. The van der Waals surface area contributed by atoms with Gasteiger partial charge < -0.3 is 10.6 Å². The minimum absolute atomic E-state index is 0.0670. The van der Waals surface area contributed by atoms with Gasteiger partial charge in [0.25, 0.3) is 0 Å². The number of rotatable bonds is 5. The molecule has 1 aliphatic rings. The van der Waals surface area contributed by atoms with E-state index in [1.54, 1.807) is 0 Å². The second-order valence-corrected chi connectivity index (χ2v) is 8.84. The van der Waals surface area contributed by atoms with Crippen LogP contribution in [0.15, 0.2) is 36.7 Å². The number of aromatic nitrogens is 5. The fourth-order valence-corrected chi connectivity index (χ4v) is 4.56. The molecule has 33 heavy (non-hydrogen) atoms. The summed E-state index contributed by atoms with van der Waals surface area (Å²) < 4.78 is 3.75. The molecule has 0 spiro atoms. The standard InChI is InChI=1S/C24H27N7O2/c1-15-3-4-16(2)18(13-15)19-14-20-24-27-26-21(30(24)11-12-31(20)28-19)5-6-22(32)29-9-7-17(8-10-29)23(25)33/h3-4,11-14,17H,5-10H2,1-2H3,(H2,25,33). The van der Waals surface area contributed by atoms with Gasteiger partial charge in [0.15, 0.2) is 5.65 Å². The number of aryl methyl sites for hydroxylation is 3. The van der Waals surface area contributed by atoms with E-state index in [2.05, 4.69) is 42.2 Å². The SMILES string of the molecule is Cc1ccc(C)c(-c2cc3c4nnc(CCC(=O)N5CCC(C(N)=O)CC5)n4ccn3n2)c1. The van der Waals surface area contributed by atoms with E-state index >= 15 is 0 Å². The van der Waals surface area contributed by atoms with Crippen LogP contribution in [-0.4, -0.2) is 54.0 Å². The highest BCUT2D eigenvalue weighted by atomic mass is 16.2. The number of nitrogens with zero attached hydrogens (tertiary/aromatic N) is 6. The fourth-order valence-electron chi connectivity index (χ4n) is 4.56. The van der Waals surface area contributed by atoms with Crippen molar-refractivity contribution in [3.05, 3.63) is 53.6 Å². The normalized spacial score (nSPS) is 14.9. The monoisotopic (exact) mass is 445 g/mol. The average Bonchev–Trinajstić information content (AvgIpc) is 3.43. The Morgan fingerprint density at radius 2 is 1.88 bits per heavy atom. The molecule has 9 nitrogen and oxygen atoms in total. The van der Waals surface area contributed by atoms with Crippen molar-refractivity contribution in [3.8, 4) is 11.3 Å². The third-order valence-corrected chi connectivity index (χ3v) is 6.57. The predicted molar refractivity (Wildman–Crippen MR) is 123 cm³/mol. The van der Waals surface area contributed by atoms with Crippen LogP contribution in [0.25, 0.3) is 22.4 Å². The molecule has 1 aromatic carbocycles. The zero-order valence-corrected chi connectivity index (χ0v) is 18.9. The number of amides is 2. The summed E-state index contributed by atoms with van der Waals surface area (Å²) in [5.74, 6) is 0.407. The molecule has 1 aliphatic heterocycles. The Balaban J connectivity index is 1.35. The Hall–Kier alpha value is -3.75. The number of piperidine rings is 1. The zero-order valence-electron chi connectivity index (χ0n) is 18.9. The molecular weight excluding hydrogens is 418 g/mol. The third-order valence-electron chi connectivity index (χ3n) is 6.57. The first-order chi connectivity index (χ1) is 15.9. The summed E-state index contributed by atoms with van der Waals surface area (Å²) in [7, 11) is 0. The van der Waals surface area contributed by atoms with Crippen LogP contribution in [0.5, 0.6) is 0 Å². The van der Waals surface area contributed by atoms with Crippen molar-refractivity contribution in [1.82, 2.24) is 29.1 Å². The van der Waals surface area contributed by atoms with Gasteiger partial charge in [-0.3, -0.25) is 14.0 Å². The third kappa shape index (κ3) is 3.94. The molecule has 5 rings (SSSR count). The molecule has 4 aromatic rings. The summed E-state index contributed by atoms with van der Waals surface area (Å²) in [6, 6.07) is 8.37. The van der Waals surface area contributed by atoms with Crippen LogP contribution in [0.4, 0.5) is 0 Å². The number of primary amides is 1. The van der Waals surface area contributed by atoms with Gasteiger partial charge in [-0.15, -0.1) is 10.2 Å². The van der Waals surface area contributed by atoms with Crippen molar-refractivity contribution in [1.29, 1.82) is 0 Å². The van der Waals surface area contributed by atoms with Crippen molar-refractivity contribution in [2.45, 2.75) is 39.5 Å². The van der Waals surface area contributed by atoms with Gasteiger partial charge in [0.2, 0.25) is 11.8 Å². The van der Waals surface area contributed by atoms with Gasteiger partial charge in [0.05, 0.1) is 5.69 Å². The fraction of sp³-hybridized carbons (Fsp3) is 0.375. The molecule has 2 amide bonds. The topological polar surface area (TPSA) is 111 Å². The highest BCUT2D eigenvalue weighted by Gasteiger charge is 2.26. The Morgan fingerprint density at radius 1 is 1.09 bits per heavy atom. The number of carbonyl (C=O) groups excluding carboxylic acids is 2. The molecule has 0 unspecified atom stereocenters. The number of hydrogen-bond donors (Lipinski definition) is 1. The molecule has 1 fully saturated rings. The van der Waals surface area contributed by atoms with E-state index in [1.807, 2.05) is 32.3 Å². The molecule has 0 atom stereocenters. The van der Waals surface area contributed by atoms with Crippen LogP contribution in [-0.2, 0) is 16.0 Å². The summed E-state index contributed by atoms with van der Waals surface area (Å²) in [6.07, 6.45) is 5.89. The van der Waals surface area contributed by atoms with Gasteiger partial charge in [-0.1, -0.05) is 17.7 Å². The molecule has 3 aromatic heterocycles. The highest BCUT2D eigenvalue weighted by Crippen LogP contribution is 2.26. The number of nitrogens with two attached hydrogens (primary N) is 1. The van der Waals surface area contributed by atoms with Crippen molar-refractivity contribution in [2.24, 2.45) is 11.7 Å². The van der Waals surface area contributed by atoms with Crippen LogP contribution >= 0.6 is 0 Å². The first-order valence-corrected chi connectivity index (χ1v) is 11.3. The number of fused-ring (bicyclic) bond motifs is 3. The second-order valence-electron chi connectivity index (χ2n) is 8.84. The summed E-state index contributed by atoms with van der Waals surface area (Å²) >= 11 is 0. The largest absolute Gasteiger partial charge is 0.369 e.